The highest BCUT2D eigenvalue weighted by molar-refractivity contribution is 5.11. The molecule has 25 heavy (non-hydrogen) atoms. The van der Waals surface area contributed by atoms with Gasteiger partial charge in [-0.25, -0.2) is 0 Å². The first kappa shape index (κ1) is 19.5. The number of aliphatic hydroxyl groups is 1. The average Bonchev–Trinajstić information content (AvgIpc) is 2.65. The molecule has 3 fully saturated rings. The van der Waals surface area contributed by atoms with Gasteiger partial charge in [0.15, 0.2) is 0 Å². The maximum atomic E-state index is 9.96. The van der Waals surface area contributed by atoms with Crippen molar-refractivity contribution < 1.29 is 5.11 Å². The topological polar surface area (TPSA) is 20.2 Å². The SMILES string of the molecule is CCCCCCC(=CC1CCC2CC(O)CCC2C1)C1CCCCC1. The van der Waals surface area contributed by atoms with Crippen molar-refractivity contribution in [1.82, 2.24) is 0 Å². The van der Waals surface area contributed by atoms with Gasteiger partial charge in [-0.1, -0.05) is 57.1 Å². The highest BCUT2D eigenvalue weighted by Gasteiger charge is 2.34. The Morgan fingerprint density at radius 1 is 0.840 bits per heavy atom. The number of fused-ring (bicyclic) bond motifs is 1. The van der Waals surface area contributed by atoms with E-state index in [0.717, 1.165) is 36.5 Å². The van der Waals surface area contributed by atoms with Crippen molar-refractivity contribution in [3.05, 3.63) is 11.6 Å². The van der Waals surface area contributed by atoms with Crippen LogP contribution in [0.15, 0.2) is 11.6 Å². The molecule has 0 saturated heterocycles. The fraction of sp³-hybridized carbons (Fsp3) is 0.917. The second kappa shape index (κ2) is 10.1. The molecule has 0 radical (unpaired) electrons. The van der Waals surface area contributed by atoms with Crippen LogP contribution in [-0.2, 0) is 0 Å². The minimum atomic E-state index is 0.00436. The molecule has 0 heterocycles. The van der Waals surface area contributed by atoms with E-state index in [1.54, 1.807) is 0 Å². The largest absolute Gasteiger partial charge is 0.393 e. The van der Waals surface area contributed by atoms with E-state index < -0.39 is 0 Å². The molecule has 3 rings (SSSR count). The maximum Gasteiger partial charge on any atom is 0.0543 e. The molecule has 0 spiro atoms. The molecule has 144 valence electrons. The molecule has 1 heteroatoms. The van der Waals surface area contributed by atoms with Gasteiger partial charge in [-0.05, 0) is 87.9 Å². The molecule has 3 aliphatic rings. The highest BCUT2D eigenvalue weighted by atomic mass is 16.3. The Labute approximate surface area is 156 Å². The highest BCUT2D eigenvalue weighted by Crippen LogP contribution is 2.44. The molecule has 0 aromatic carbocycles. The predicted molar refractivity (Wildman–Crippen MR) is 108 cm³/mol. The molecular weight excluding hydrogens is 304 g/mol. The van der Waals surface area contributed by atoms with E-state index in [1.165, 1.54) is 89.9 Å². The van der Waals surface area contributed by atoms with Gasteiger partial charge in [-0.2, -0.15) is 0 Å². The summed E-state index contributed by atoms with van der Waals surface area (Å²) in [6.07, 6.45) is 24.7. The smallest absolute Gasteiger partial charge is 0.0543 e. The summed E-state index contributed by atoms with van der Waals surface area (Å²) >= 11 is 0. The summed E-state index contributed by atoms with van der Waals surface area (Å²) in [4.78, 5) is 0. The normalized spacial score (nSPS) is 34.7. The second-order valence-corrected chi connectivity index (χ2v) is 9.45. The van der Waals surface area contributed by atoms with Crippen molar-refractivity contribution in [2.24, 2.45) is 23.7 Å². The third-order valence-electron chi connectivity index (χ3n) is 7.52. The molecule has 1 N–H and O–H groups in total. The van der Waals surface area contributed by atoms with Gasteiger partial charge in [0.2, 0.25) is 0 Å². The molecule has 3 aliphatic carbocycles. The Morgan fingerprint density at radius 2 is 1.60 bits per heavy atom. The zero-order valence-corrected chi connectivity index (χ0v) is 16.7. The van der Waals surface area contributed by atoms with Crippen molar-refractivity contribution in [3.63, 3.8) is 0 Å². The quantitative estimate of drug-likeness (QED) is 0.387. The van der Waals surface area contributed by atoms with Crippen LogP contribution in [0, 0.1) is 23.7 Å². The fourth-order valence-corrected chi connectivity index (χ4v) is 6.01. The van der Waals surface area contributed by atoms with Gasteiger partial charge in [-0.15, -0.1) is 0 Å². The third-order valence-corrected chi connectivity index (χ3v) is 7.52. The lowest BCUT2D eigenvalue weighted by Crippen LogP contribution is -2.32. The Kier molecular flexibility index (Phi) is 7.90. The average molecular weight is 347 g/mol. The summed E-state index contributed by atoms with van der Waals surface area (Å²) in [6.45, 7) is 2.32. The minimum Gasteiger partial charge on any atom is -0.393 e. The van der Waals surface area contributed by atoms with E-state index in [9.17, 15) is 5.11 Å². The molecule has 0 aromatic heterocycles. The van der Waals surface area contributed by atoms with Crippen LogP contribution in [0.5, 0.6) is 0 Å². The van der Waals surface area contributed by atoms with Gasteiger partial charge in [0.05, 0.1) is 6.10 Å². The zero-order chi connectivity index (χ0) is 17.5. The monoisotopic (exact) mass is 346 g/mol. The third kappa shape index (κ3) is 5.84. The Balaban J connectivity index is 1.58. The Bertz CT molecular complexity index is 406. The van der Waals surface area contributed by atoms with Crippen molar-refractivity contribution >= 4 is 0 Å². The lowest BCUT2D eigenvalue weighted by molar-refractivity contribution is 0.0408. The Hall–Kier alpha value is -0.300. The molecule has 3 saturated carbocycles. The van der Waals surface area contributed by atoms with Crippen LogP contribution in [0.3, 0.4) is 0 Å². The predicted octanol–water partition coefficient (Wildman–Crippen LogP) is 7.04. The number of allylic oxidation sites excluding steroid dienone is 2. The fourth-order valence-electron chi connectivity index (χ4n) is 6.01. The molecule has 4 unspecified atom stereocenters. The standard InChI is InChI=1S/C24H42O/c1-2-3-4-6-11-21(20-9-7-5-8-10-20)16-19-12-13-23-18-24(25)15-14-22(23)17-19/h16,19-20,22-25H,2-15,17-18H2,1H3. The van der Waals surface area contributed by atoms with Gasteiger partial charge in [0, 0.05) is 0 Å². The van der Waals surface area contributed by atoms with Crippen LogP contribution in [0.1, 0.15) is 110 Å². The van der Waals surface area contributed by atoms with E-state index in [0.29, 0.717) is 0 Å². The van der Waals surface area contributed by atoms with Crippen molar-refractivity contribution in [1.29, 1.82) is 0 Å². The molecule has 0 bridgehead atoms. The zero-order valence-electron chi connectivity index (χ0n) is 16.7. The van der Waals surface area contributed by atoms with Crippen LogP contribution in [0.25, 0.3) is 0 Å². The van der Waals surface area contributed by atoms with Crippen LogP contribution in [0.2, 0.25) is 0 Å². The van der Waals surface area contributed by atoms with Gasteiger partial charge >= 0.3 is 0 Å². The van der Waals surface area contributed by atoms with Gasteiger partial charge in [0.1, 0.15) is 0 Å². The van der Waals surface area contributed by atoms with Gasteiger partial charge in [0.25, 0.3) is 0 Å². The van der Waals surface area contributed by atoms with Crippen molar-refractivity contribution in [2.75, 3.05) is 0 Å². The Morgan fingerprint density at radius 3 is 2.40 bits per heavy atom. The van der Waals surface area contributed by atoms with E-state index in [4.69, 9.17) is 0 Å². The second-order valence-electron chi connectivity index (χ2n) is 9.45. The number of hydrogen-bond acceptors (Lipinski definition) is 1. The molecule has 1 nitrogen and oxygen atoms in total. The van der Waals surface area contributed by atoms with Crippen LogP contribution in [0.4, 0.5) is 0 Å². The number of rotatable bonds is 7. The van der Waals surface area contributed by atoms with E-state index in [2.05, 4.69) is 13.0 Å². The molecule has 0 amide bonds. The lowest BCUT2D eigenvalue weighted by atomic mass is 9.66. The van der Waals surface area contributed by atoms with Crippen molar-refractivity contribution in [2.45, 2.75) is 116 Å². The van der Waals surface area contributed by atoms with E-state index in [1.807, 2.05) is 5.57 Å². The number of aliphatic hydroxyl groups excluding tert-OH is 1. The molecule has 0 aliphatic heterocycles. The molecular formula is C24H42O. The molecule has 4 atom stereocenters. The number of hydrogen-bond donors (Lipinski definition) is 1. The lowest BCUT2D eigenvalue weighted by Gasteiger charge is -2.40. The van der Waals surface area contributed by atoms with E-state index >= 15 is 0 Å². The first-order valence-electron chi connectivity index (χ1n) is 11.6. The summed E-state index contributed by atoms with van der Waals surface area (Å²) in [5, 5.41) is 9.96. The summed E-state index contributed by atoms with van der Waals surface area (Å²) in [7, 11) is 0. The van der Waals surface area contributed by atoms with Gasteiger partial charge in [-0.3, -0.25) is 0 Å². The van der Waals surface area contributed by atoms with Crippen LogP contribution >= 0.6 is 0 Å². The number of unbranched alkanes of at least 4 members (excludes halogenated alkanes) is 3. The van der Waals surface area contributed by atoms with Crippen LogP contribution < -0.4 is 0 Å². The first-order chi connectivity index (χ1) is 12.3. The van der Waals surface area contributed by atoms with Crippen LogP contribution in [-0.4, -0.2) is 11.2 Å². The van der Waals surface area contributed by atoms with Gasteiger partial charge < -0.3 is 5.11 Å². The minimum absolute atomic E-state index is 0.00436. The summed E-state index contributed by atoms with van der Waals surface area (Å²) in [5.74, 6) is 3.50. The van der Waals surface area contributed by atoms with Crippen molar-refractivity contribution in [3.8, 4) is 0 Å². The summed E-state index contributed by atoms with van der Waals surface area (Å²) in [6, 6.07) is 0. The molecule has 0 aromatic rings. The summed E-state index contributed by atoms with van der Waals surface area (Å²) < 4.78 is 0. The first-order valence-corrected chi connectivity index (χ1v) is 11.6. The maximum absolute atomic E-state index is 9.96. The summed E-state index contributed by atoms with van der Waals surface area (Å²) in [5.41, 5.74) is 1.86. The van der Waals surface area contributed by atoms with E-state index in [-0.39, 0.29) is 6.10 Å².